The molecule has 0 atom stereocenters. The van der Waals surface area contributed by atoms with Crippen LogP contribution in [0.1, 0.15) is 0 Å². The van der Waals surface area contributed by atoms with Gasteiger partial charge in [-0.25, -0.2) is 0 Å². The first-order valence-electron chi connectivity index (χ1n) is 11.6. The van der Waals surface area contributed by atoms with Crippen LogP contribution in [0, 0.1) is 0 Å². The molecular formula is C32H19NO. The van der Waals surface area contributed by atoms with E-state index < -0.39 is 0 Å². The van der Waals surface area contributed by atoms with Gasteiger partial charge in [-0.3, -0.25) is 0 Å². The lowest BCUT2D eigenvalue weighted by molar-refractivity contribution is 0.672. The Bertz CT molecular complexity index is 2060. The smallest absolute Gasteiger partial charge is 0.160 e. The normalized spacial score (nSPS) is 12.1. The third-order valence-corrected chi connectivity index (χ3v) is 7.18. The number of hydrogen-bond donors (Lipinski definition) is 1. The van der Waals surface area contributed by atoms with Crippen LogP contribution in [0.5, 0.6) is 0 Å². The van der Waals surface area contributed by atoms with Crippen molar-refractivity contribution in [3.05, 3.63) is 109 Å². The van der Waals surface area contributed by atoms with Crippen molar-refractivity contribution in [2.45, 2.75) is 0 Å². The predicted octanol–water partition coefficient (Wildman–Crippen LogP) is 9.19. The largest absolute Gasteiger partial charge is 0.454 e. The third kappa shape index (κ3) is 2.29. The SMILES string of the molecule is c1ccc(-c2ccc3c(ccc4c3[nH]c3c5oc6ccccc6c5c5ccccc5c43)c2)cc1. The van der Waals surface area contributed by atoms with Crippen LogP contribution in [0.25, 0.3) is 76.4 Å². The zero-order valence-corrected chi connectivity index (χ0v) is 18.3. The second-order valence-electron chi connectivity index (χ2n) is 9.01. The van der Waals surface area contributed by atoms with E-state index in [1.54, 1.807) is 0 Å². The molecule has 2 nitrogen and oxygen atoms in total. The maximum atomic E-state index is 6.46. The highest BCUT2D eigenvalue weighted by Crippen LogP contribution is 2.44. The van der Waals surface area contributed by atoms with Crippen LogP contribution in [0.3, 0.4) is 0 Å². The van der Waals surface area contributed by atoms with Gasteiger partial charge in [0.15, 0.2) is 5.58 Å². The van der Waals surface area contributed by atoms with Crippen LogP contribution in [0.15, 0.2) is 114 Å². The average Bonchev–Trinajstić information content (AvgIpc) is 3.48. The standard InChI is InChI=1S/C32H19NO/c1-2-8-19(9-3-1)20-14-16-22-21(18-20)15-17-26-28-23-10-4-5-11-24(23)29-25-12-6-7-13-27(25)34-32(29)31(28)33-30(22)26/h1-18,33H. The molecule has 2 aromatic heterocycles. The van der Waals surface area contributed by atoms with E-state index in [0.29, 0.717) is 0 Å². The first-order valence-corrected chi connectivity index (χ1v) is 11.6. The summed E-state index contributed by atoms with van der Waals surface area (Å²) in [5.74, 6) is 0. The molecule has 8 aromatic rings. The first-order chi connectivity index (χ1) is 16.9. The van der Waals surface area contributed by atoms with Crippen molar-refractivity contribution in [2.75, 3.05) is 0 Å². The minimum absolute atomic E-state index is 0.922. The summed E-state index contributed by atoms with van der Waals surface area (Å²) < 4.78 is 6.46. The van der Waals surface area contributed by atoms with Gasteiger partial charge in [0.1, 0.15) is 5.58 Å². The quantitative estimate of drug-likeness (QED) is 0.275. The molecule has 34 heavy (non-hydrogen) atoms. The Morgan fingerprint density at radius 2 is 1.18 bits per heavy atom. The Morgan fingerprint density at radius 3 is 2.03 bits per heavy atom. The van der Waals surface area contributed by atoms with Crippen molar-refractivity contribution in [1.29, 1.82) is 0 Å². The summed E-state index contributed by atoms with van der Waals surface area (Å²) in [4.78, 5) is 3.78. The number of fused-ring (bicyclic) bond motifs is 12. The fourth-order valence-corrected chi connectivity index (χ4v) is 5.66. The van der Waals surface area contributed by atoms with Crippen molar-refractivity contribution in [3.8, 4) is 11.1 Å². The Hall–Kier alpha value is -4.56. The summed E-state index contributed by atoms with van der Waals surface area (Å²) in [6.45, 7) is 0. The molecule has 0 fully saturated rings. The third-order valence-electron chi connectivity index (χ3n) is 7.18. The highest BCUT2D eigenvalue weighted by molar-refractivity contribution is 6.35. The molecule has 0 amide bonds. The molecule has 0 unspecified atom stereocenters. The molecule has 2 heteroatoms. The summed E-state index contributed by atoms with van der Waals surface area (Å²) in [5.41, 5.74) is 6.54. The molecule has 0 aliphatic heterocycles. The highest BCUT2D eigenvalue weighted by atomic mass is 16.3. The van der Waals surface area contributed by atoms with E-state index >= 15 is 0 Å². The zero-order valence-electron chi connectivity index (χ0n) is 18.3. The topological polar surface area (TPSA) is 28.9 Å². The summed E-state index contributed by atoms with van der Waals surface area (Å²) in [7, 11) is 0. The summed E-state index contributed by atoms with van der Waals surface area (Å²) in [5, 5.41) is 9.73. The lowest BCUT2D eigenvalue weighted by Gasteiger charge is -2.06. The van der Waals surface area contributed by atoms with E-state index in [1.165, 1.54) is 48.8 Å². The molecule has 0 bridgehead atoms. The van der Waals surface area contributed by atoms with Gasteiger partial charge in [0, 0.05) is 26.9 Å². The second kappa shape index (κ2) is 6.49. The molecule has 0 spiro atoms. The number of furan rings is 1. The number of rotatable bonds is 1. The van der Waals surface area contributed by atoms with Crippen molar-refractivity contribution in [1.82, 2.24) is 4.98 Å². The molecule has 0 aliphatic rings. The number of aromatic nitrogens is 1. The van der Waals surface area contributed by atoms with E-state index in [0.717, 1.165) is 27.6 Å². The van der Waals surface area contributed by atoms with E-state index in [4.69, 9.17) is 4.42 Å². The van der Waals surface area contributed by atoms with E-state index in [1.807, 2.05) is 6.07 Å². The van der Waals surface area contributed by atoms with Gasteiger partial charge in [-0.1, -0.05) is 97.1 Å². The van der Waals surface area contributed by atoms with E-state index in [2.05, 4.69) is 108 Å². The minimum Gasteiger partial charge on any atom is -0.454 e. The fraction of sp³-hybridized carbons (Fsp3) is 0. The fourth-order valence-electron chi connectivity index (χ4n) is 5.66. The second-order valence-corrected chi connectivity index (χ2v) is 9.01. The van der Waals surface area contributed by atoms with Crippen molar-refractivity contribution in [2.24, 2.45) is 0 Å². The number of hydrogen-bond acceptors (Lipinski definition) is 1. The molecular weight excluding hydrogens is 414 g/mol. The maximum absolute atomic E-state index is 6.46. The van der Waals surface area contributed by atoms with Crippen LogP contribution in [0.2, 0.25) is 0 Å². The average molecular weight is 434 g/mol. The summed E-state index contributed by atoms with van der Waals surface area (Å²) in [6, 6.07) is 38.8. The number of benzene rings is 6. The number of para-hydroxylation sites is 1. The molecule has 158 valence electrons. The molecule has 8 rings (SSSR count). The van der Waals surface area contributed by atoms with E-state index in [-0.39, 0.29) is 0 Å². The van der Waals surface area contributed by atoms with E-state index in [9.17, 15) is 0 Å². The lowest BCUT2D eigenvalue weighted by atomic mass is 9.97. The van der Waals surface area contributed by atoms with Gasteiger partial charge in [-0.15, -0.1) is 0 Å². The van der Waals surface area contributed by atoms with Gasteiger partial charge in [0.05, 0.1) is 11.0 Å². The number of nitrogens with one attached hydrogen (secondary N) is 1. The van der Waals surface area contributed by atoms with Crippen molar-refractivity contribution < 1.29 is 4.42 Å². The van der Waals surface area contributed by atoms with Gasteiger partial charge in [0.2, 0.25) is 0 Å². The Labute approximate surface area is 195 Å². The number of aromatic amines is 1. The van der Waals surface area contributed by atoms with Crippen LogP contribution >= 0.6 is 0 Å². The first kappa shape index (κ1) is 17.9. The molecule has 2 heterocycles. The summed E-state index contributed by atoms with van der Waals surface area (Å²) >= 11 is 0. The molecule has 0 saturated heterocycles. The predicted molar refractivity (Wildman–Crippen MR) is 144 cm³/mol. The van der Waals surface area contributed by atoms with Gasteiger partial charge >= 0.3 is 0 Å². The van der Waals surface area contributed by atoms with Crippen molar-refractivity contribution in [3.63, 3.8) is 0 Å². The molecule has 0 saturated carbocycles. The minimum atomic E-state index is 0.922. The Kier molecular flexibility index (Phi) is 3.42. The molecule has 0 aliphatic carbocycles. The number of H-pyrrole nitrogens is 1. The Balaban J connectivity index is 1.54. The zero-order chi connectivity index (χ0) is 22.2. The molecule has 6 aromatic carbocycles. The summed E-state index contributed by atoms with van der Waals surface area (Å²) in [6.07, 6.45) is 0. The van der Waals surface area contributed by atoms with Gasteiger partial charge in [0.25, 0.3) is 0 Å². The van der Waals surface area contributed by atoms with Crippen LogP contribution < -0.4 is 0 Å². The molecule has 0 radical (unpaired) electrons. The lowest BCUT2D eigenvalue weighted by Crippen LogP contribution is -1.80. The van der Waals surface area contributed by atoms with Crippen LogP contribution in [-0.4, -0.2) is 4.98 Å². The van der Waals surface area contributed by atoms with Crippen LogP contribution in [0.4, 0.5) is 0 Å². The van der Waals surface area contributed by atoms with Gasteiger partial charge in [-0.2, -0.15) is 0 Å². The van der Waals surface area contributed by atoms with Crippen LogP contribution in [-0.2, 0) is 0 Å². The van der Waals surface area contributed by atoms with Crippen molar-refractivity contribution >= 4 is 65.3 Å². The van der Waals surface area contributed by atoms with Gasteiger partial charge < -0.3 is 9.40 Å². The Morgan fingerprint density at radius 1 is 0.471 bits per heavy atom. The molecule has 1 N–H and O–H groups in total. The highest BCUT2D eigenvalue weighted by Gasteiger charge is 2.19. The monoisotopic (exact) mass is 433 g/mol. The van der Waals surface area contributed by atoms with Gasteiger partial charge in [-0.05, 0) is 39.4 Å². The maximum Gasteiger partial charge on any atom is 0.160 e.